The molecule has 2 aliphatic rings. The number of barbiturate groups is 1. The van der Waals surface area contributed by atoms with E-state index in [9.17, 15) is 19.2 Å². The second-order valence-corrected chi connectivity index (χ2v) is 5.60. The van der Waals surface area contributed by atoms with E-state index in [1.807, 2.05) is 0 Å². The third kappa shape index (κ3) is 3.15. The maximum atomic E-state index is 12.1. The van der Waals surface area contributed by atoms with E-state index in [0.717, 1.165) is 17.7 Å². The maximum Gasteiger partial charge on any atom is 0.330 e. The number of hydrogen-bond acceptors (Lipinski definition) is 4. The van der Waals surface area contributed by atoms with Gasteiger partial charge in [0.15, 0.2) is 0 Å². The largest absolute Gasteiger partial charge is 0.353 e. The number of amides is 5. The van der Waals surface area contributed by atoms with Gasteiger partial charge in [-0.25, -0.2) is 4.79 Å². The van der Waals surface area contributed by atoms with Gasteiger partial charge in [0, 0.05) is 19.0 Å². The number of rotatable bonds is 5. The molecule has 1 saturated heterocycles. The van der Waals surface area contributed by atoms with Crippen LogP contribution in [0.25, 0.3) is 0 Å². The first-order valence-corrected chi connectivity index (χ1v) is 6.85. The van der Waals surface area contributed by atoms with E-state index >= 15 is 0 Å². The van der Waals surface area contributed by atoms with Crippen LogP contribution in [0.5, 0.6) is 0 Å². The molecule has 2 N–H and O–H groups in total. The van der Waals surface area contributed by atoms with Gasteiger partial charge in [0.25, 0.3) is 0 Å². The van der Waals surface area contributed by atoms with Crippen molar-refractivity contribution in [1.82, 2.24) is 15.5 Å². The van der Waals surface area contributed by atoms with E-state index in [0.29, 0.717) is 0 Å². The number of urea groups is 1. The Bertz CT molecular complexity index is 457. The smallest absolute Gasteiger partial charge is 0.330 e. The molecule has 7 nitrogen and oxygen atoms in total. The Hall–Kier alpha value is -1.92. The van der Waals surface area contributed by atoms with E-state index in [1.54, 1.807) is 13.8 Å². The average molecular weight is 281 g/mol. The van der Waals surface area contributed by atoms with Crippen molar-refractivity contribution in [3.8, 4) is 0 Å². The lowest BCUT2D eigenvalue weighted by Crippen LogP contribution is -2.59. The minimum Gasteiger partial charge on any atom is -0.353 e. The van der Waals surface area contributed by atoms with Gasteiger partial charge in [-0.3, -0.25) is 24.6 Å². The van der Waals surface area contributed by atoms with Crippen LogP contribution in [-0.2, 0) is 14.4 Å². The van der Waals surface area contributed by atoms with Crippen LogP contribution in [0.4, 0.5) is 4.79 Å². The van der Waals surface area contributed by atoms with Crippen molar-refractivity contribution in [3.05, 3.63) is 0 Å². The normalized spacial score (nSPS) is 23.1. The second kappa shape index (κ2) is 5.60. The molecule has 1 saturated carbocycles. The minimum absolute atomic E-state index is 0.000278. The fourth-order valence-electron chi connectivity index (χ4n) is 2.17. The first-order valence-electron chi connectivity index (χ1n) is 6.85. The number of imide groups is 2. The van der Waals surface area contributed by atoms with Crippen LogP contribution in [0, 0.1) is 11.8 Å². The lowest BCUT2D eigenvalue weighted by atomic mass is 9.92. The minimum atomic E-state index is -0.862. The average Bonchev–Trinajstić information content (AvgIpc) is 3.11. The third-order valence-corrected chi connectivity index (χ3v) is 3.46. The first-order chi connectivity index (χ1) is 9.40. The summed E-state index contributed by atoms with van der Waals surface area (Å²) in [5.41, 5.74) is 0. The molecule has 0 aromatic rings. The summed E-state index contributed by atoms with van der Waals surface area (Å²) >= 11 is 0. The van der Waals surface area contributed by atoms with Crippen LogP contribution in [0.2, 0.25) is 0 Å². The molecule has 1 aliphatic carbocycles. The fourth-order valence-corrected chi connectivity index (χ4v) is 2.17. The second-order valence-electron chi connectivity index (χ2n) is 5.60. The number of hydrogen-bond donors (Lipinski definition) is 2. The topological polar surface area (TPSA) is 95.6 Å². The van der Waals surface area contributed by atoms with Crippen molar-refractivity contribution in [2.45, 2.75) is 39.2 Å². The van der Waals surface area contributed by atoms with Crippen molar-refractivity contribution in [3.63, 3.8) is 0 Å². The fraction of sp³-hybridized carbons (Fsp3) is 0.692. The van der Waals surface area contributed by atoms with E-state index in [1.165, 1.54) is 0 Å². The molecule has 0 bridgehead atoms. The highest BCUT2D eigenvalue weighted by atomic mass is 16.2. The molecular formula is C13H19N3O4. The maximum absolute atomic E-state index is 12.1. The first kappa shape index (κ1) is 14.5. The van der Waals surface area contributed by atoms with Gasteiger partial charge < -0.3 is 5.32 Å². The van der Waals surface area contributed by atoms with Crippen LogP contribution in [-0.4, -0.2) is 41.2 Å². The Morgan fingerprint density at radius 1 is 1.35 bits per heavy atom. The van der Waals surface area contributed by atoms with Crippen LogP contribution in [0.15, 0.2) is 0 Å². The highest BCUT2D eigenvalue weighted by molar-refractivity contribution is 6.16. The van der Waals surface area contributed by atoms with Gasteiger partial charge in [-0.1, -0.05) is 13.8 Å². The van der Waals surface area contributed by atoms with E-state index in [2.05, 4.69) is 10.6 Å². The number of carbonyl (C=O) groups excluding carboxylic acids is 4. The SMILES string of the molecule is CC(C)C1C(=O)NC(=O)N(CCC(=O)NC2CC2)C1=O. The zero-order valence-electron chi connectivity index (χ0n) is 11.6. The van der Waals surface area contributed by atoms with Crippen molar-refractivity contribution in [2.24, 2.45) is 11.8 Å². The molecule has 1 atom stereocenters. The van der Waals surface area contributed by atoms with E-state index in [-0.39, 0.29) is 30.8 Å². The molecule has 20 heavy (non-hydrogen) atoms. The summed E-state index contributed by atoms with van der Waals surface area (Å²) in [6.45, 7) is 3.49. The zero-order chi connectivity index (χ0) is 14.9. The lowest BCUT2D eigenvalue weighted by molar-refractivity contribution is -0.144. The van der Waals surface area contributed by atoms with Crippen LogP contribution >= 0.6 is 0 Å². The highest BCUT2D eigenvalue weighted by Crippen LogP contribution is 2.20. The zero-order valence-corrected chi connectivity index (χ0v) is 11.6. The van der Waals surface area contributed by atoms with Crippen molar-refractivity contribution < 1.29 is 19.2 Å². The molecular weight excluding hydrogens is 262 g/mol. The van der Waals surface area contributed by atoms with Gasteiger partial charge in [0.05, 0.1) is 0 Å². The van der Waals surface area contributed by atoms with Gasteiger partial charge in [-0.05, 0) is 18.8 Å². The predicted octanol–water partition coefficient (Wildman–Crippen LogP) is 0.00570. The molecule has 5 amide bonds. The summed E-state index contributed by atoms with van der Waals surface area (Å²) in [5.74, 6) is -2.31. The molecule has 7 heteroatoms. The van der Waals surface area contributed by atoms with E-state index < -0.39 is 23.8 Å². The van der Waals surface area contributed by atoms with Gasteiger partial charge in [0.1, 0.15) is 5.92 Å². The van der Waals surface area contributed by atoms with Gasteiger partial charge in [-0.15, -0.1) is 0 Å². The highest BCUT2D eigenvalue weighted by Gasteiger charge is 2.41. The Balaban J connectivity index is 1.94. The number of carbonyl (C=O) groups is 4. The van der Waals surface area contributed by atoms with Gasteiger partial charge in [-0.2, -0.15) is 0 Å². The summed E-state index contributed by atoms with van der Waals surface area (Å²) in [6, 6.07) is -0.491. The summed E-state index contributed by atoms with van der Waals surface area (Å²) in [4.78, 5) is 48.0. The van der Waals surface area contributed by atoms with Crippen molar-refractivity contribution in [1.29, 1.82) is 0 Å². The molecule has 1 unspecified atom stereocenters. The molecule has 110 valence electrons. The number of nitrogens with zero attached hydrogens (tertiary/aromatic N) is 1. The monoisotopic (exact) mass is 281 g/mol. The van der Waals surface area contributed by atoms with Gasteiger partial charge >= 0.3 is 6.03 Å². The molecule has 1 aliphatic heterocycles. The van der Waals surface area contributed by atoms with E-state index in [4.69, 9.17) is 0 Å². The Labute approximate surface area is 117 Å². The Morgan fingerprint density at radius 2 is 2.00 bits per heavy atom. The van der Waals surface area contributed by atoms with Crippen LogP contribution in [0.3, 0.4) is 0 Å². The van der Waals surface area contributed by atoms with Gasteiger partial charge in [0.2, 0.25) is 17.7 Å². The molecule has 0 spiro atoms. The molecule has 2 fully saturated rings. The summed E-state index contributed by atoms with van der Waals surface area (Å²) < 4.78 is 0. The lowest BCUT2D eigenvalue weighted by Gasteiger charge is -2.31. The Morgan fingerprint density at radius 3 is 2.55 bits per heavy atom. The number of nitrogens with one attached hydrogen (secondary N) is 2. The summed E-state index contributed by atoms with van der Waals surface area (Å²) in [6.07, 6.45) is 2.03. The molecule has 0 radical (unpaired) electrons. The van der Waals surface area contributed by atoms with Crippen molar-refractivity contribution >= 4 is 23.8 Å². The predicted molar refractivity (Wildman–Crippen MR) is 69.4 cm³/mol. The molecule has 1 heterocycles. The standard InChI is InChI=1S/C13H19N3O4/c1-7(2)10-11(18)15-13(20)16(12(10)19)6-5-9(17)14-8-3-4-8/h7-8,10H,3-6H2,1-2H3,(H,14,17)(H,15,18,20). The van der Waals surface area contributed by atoms with Crippen LogP contribution < -0.4 is 10.6 Å². The third-order valence-electron chi connectivity index (χ3n) is 3.46. The Kier molecular flexibility index (Phi) is 4.06. The molecule has 0 aromatic heterocycles. The summed E-state index contributed by atoms with van der Waals surface area (Å²) in [5, 5.41) is 4.95. The van der Waals surface area contributed by atoms with Crippen molar-refractivity contribution in [2.75, 3.05) is 6.54 Å². The molecule has 2 rings (SSSR count). The molecule has 0 aromatic carbocycles. The summed E-state index contributed by atoms with van der Waals surface area (Å²) in [7, 11) is 0. The van der Waals surface area contributed by atoms with Crippen LogP contribution in [0.1, 0.15) is 33.1 Å². The quantitative estimate of drug-likeness (QED) is 0.694.